The van der Waals surface area contributed by atoms with E-state index in [-0.39, 0.29) is 23.2 Å². The first-order valence-electron chi connectivity index (χ1n) is 10.1. The molecule has 2 saturated carbocycles. The summed E-state index contributed by atoms with van der Waals surface area (Å²) < 4.78 is 29.0. The molecule has 7 heteroatoms. The van der Waals surface area contributed by atoms with Gasteiger partial charge in [-0.25, -0.2) is 8.42 Å². The summed E-state index contributed by atoms with van der Waals surface area (Å²) in [6.07, 6.45) is 8.23. The van der Waals surface area contributed by atoms with E-state index in [1.165, 1.54) is 32.1 Å². The molecule has 1 heterocycles. The van der Waals surface area contributed by atoms with Gasteiger partial charge in [0.25, 0.3) is 0 Å². The monoisotopic (exact) mass is 385 g/mol. The van der Waals surface area contributed by atoms with Gasteiger partial charge >= 0.3 is 0 Å². The molecule has 26 heavy (non-hydrogen) atoms. The van der Waals surface area contributed by atoms with Gasteiger partial charge in [-0.15, -0.1) is 0 Å². The lowest BCUT2D eigenvalue weighted by Crippen LogP contribution is -2.64. The van der Waals surface area contributed by atoms with Crippen LogP contribution in [0.15, 0.2) is 4.99 Å². The van der Waals surface area contributed by atoms with E-state index in [1.54, 1.807) is 7.11 Å². The number of guanidine groups is 1. The Morgan fingerprint density at radius 1 is 1.15 bits per heavy atom. The number of hydrogen-bond acceptors (Lipinski definition) is 4. The topological polar surface area (TPSA) is 79.8 Å². The SMILES string of the molecule is COC1CC(NC(=NCC2CCS(=O)(=O)C2)NC2CCCCC2)C1(C)C. The minimum Gasteiger partial charge on any atom is -0.381 e. The number of sulfone groups is 1. The molecule has 1 saturated heterocycles. The van der Waals surface area contributed by atoms with Gasteiger partial charge in [0.05, 0.1) is 17.6 Å². The Kier molecular flexibility index (Phi) is 6.17. The molecule has 3 fully saturated rings. The predicted octanol–water partition coefficient (Wildman–Crippen LogP) is 2.10. The molecule has 2 aliphatic carbocycles. The predicted molar refractivity (Wildman–Crippen MR) is 105 cm³/mol. The quantitative estimate of drug-likeness (QED) is 0.560. The van der Waals surface area contributed by atoms with Crippen LogP contribution in [0.3, 0.4) is 0 Å². The molecule has 0 spiro atoms. The zero-order valence-corrected chi connectivity index (χ0v) is 17.3. The molecule has 3 aliphatic rings. The van der Waals surface area contributed by atoms with Gasteiger partial charge in [0.1, 0.15) is 0 Å². The highest BCUT2D eigenvalue weighted by Crippen LogP contribution is 2.42. The molecule has 3 unspecified atom stereocenters. The first kappa shape index (κ1) is 19.9. The van der Waals surface area contributed by atoms with Crippen molar-refractivity contribution in [3.63, 3.8) is 0 Å². The molecule has 2 N–H and O–H groups in total. The fourth-order valence-corrected chi connectivity index (χ4v) is 6.35. The first-order valence-corrected chi connectivity index (χ1v) is 11.9. The lowest BCUT2D eigenvalue weighted by Gasteiger charge is -2.51. The van der Waals surface area contributed by atoms with Gasteiger partial charge in [0.15, 0.2) is 15.8 Å². The van der Waals surface area contributed by atoms with E-state index in [2.05, 4.69) is 24.5 Å². The molecule has 0 aromatic carbocycles. The fourth-order valence-electron chi connectivity index (χ4n) is 4.51. The van der Waals surface area contributed by atoms with Crippen molar-refractivity contribution in [1.82, 2.24) is 10.6 Å². The van der Waals surface area contributed by atoms with Crippen LogP contribution in [0.1, 0.15) is 58.8 Å². The van der Waals surface area contributed by atoms with Crippen LogP contribution in [0.4, 0.5) is 0 Å². The van der Waals surface area contributed by atoms with E-state index in [0.717, 1.165) is 18.8 Å². The Morgan fingerprint density at radius 2 is 1.88 bits per heavy atom. The summed E-state index contributed by atoms with van der Waals surface area (Å²) in [5.41, 5.74) is 0.0699. The zero-order valence-electron chi connectivity index (χ0n) is 16.5. The Balaban J connectivity index is 1.62. The average molecular weight is 386 g/mol. The zero-order chi connectivity index (χ0) is 18.8. The lowest BCUT2D eigenvalue weighted by molar-refractivity contribution is -0.0923. The maximum atomic E-state index is 11.7. The third kappa shape index (κ3) is 4.71. The summed E-state index contributed by atoms with van der Waals surface area (Å²) in [7, 11) is -1.07. The van der Waals surface area contributed by atoms with Crippen LogP contribution in [0.25, 0.3) is 0 Å². The van der Waals surface area contributed by atoms with Gasteiger partial charge in [0, 0.05) is 31.2 Å². The van der Waals surface area contributed by atoms with Gasteiger partial charge in [-0.1, -0.05) is 33.1 Å². The molecule has 3 atom stereocenters. The standard InChI is InChI=1S/C19H35N3O3S/c1-19(2)16(11-17(19)25-3)22-18(21-15-7-5-4-6-8-15)20-12-14-9-10-26(23,24)13-14/h14-17H,4-13H2,1-3H3,(H2,20,21,22). The highest BCUT2D eigenvalue weighted by atomic mass is 32.2. The Bertz CT molecular complexity index is 612. The molecular weight excluding hydrogens is 350 g/mol. The Labute approximate surface area is 158 Å². The van der Waals surface area contributed by atoms with Crippen molar-refractivity contribution in [2.75, 3.05) is 25.2 Å². The van der Waals surface area contributed by atoms with Gasteiger partial charge in [-0.05, 0) is 31.6 Å². The molecule has 0 bridgehead atoms. The van der Waals surface area contributed by atoms with Gasteiger partial charge in [0.2, 0.25) is 0 Å². The second-order valence-electron chi connectivity index (χ2n) is 8.92. The highest BCUT2D eigenvalue weighted by molar-refractivity contribution is 7.91. The number of methoxy groups -OCH3 is 1. The van der Waals surface area contributed by atoms with Gasteiger partial charge < -0.3 is 15.4 Å². The van der Waals surface area contributed by atoms with E-state index in [1.807, 2.05) is 0 Å². The van der Waals surface area contributed by atoms with Crippen molar-refractivity contribution < 1.29 is 13.2 Å². The third-order valence-corrected chi connectivity index (χ3v) is 8.39. The number of nitrogens with one attached hydrogen (secondary N) is 2. The second kappa shape index (κ2) is 8.05. The Morgan fingerprint density at radius 3 is 2.46 bits per heavy atom. The molecule has 1 aliphatic heterocycles. The van der Waals surface area contributed by atoms with Crippen LogP contribution < -0.4 is 10.6 Å². The summed E-state index contributed by atoms with van der Waals surface area (Å²) >= 11 is 0. The highest BCUT2D eigenvalue weighted by Gasteiger charge is 2.49. The molecule has 0 radical (unpaired) electrons. The first-order chi connectivity index (χ1) is 12.3. The summed E-state index contributed by atoms with van der Waals surface area (Å²) in [6.45, 7) is 5.04. The van der Waals surface area contributed by atoms with Crippen molar-refractivity contribution in [2.24, 2.45) is 16.3 Å². The maximum absolute atomic E-state index is 11.7. The van der Waals surface area contributed by atoms with Crippen molar-refractivity contribution in [2.45, 2.75) is 77.0 Å². The van der Waals surface area contributed by atoms with Crippen LogP contribution in [-0.2, 0) is 14.6 Å². The molecular formula is C19H35N3O3S. The van der Waals surface area contributed by atoms with Crippen LogP contribution in [0, 0.1) is 11.3 Å². The summed E-state index contributed by atoms with van der Waals surface area (Å²) in [4.78, 5) is 4.79. The number of rotatable bonds is 5. The molecule has 0 amide bonds. The minimum atomic E-state index is -2.84. The van der Waals surface area contributed by atoms with Gasteiger partial charge in [-0.3, -0.25) is 4.99 Å². The van der Waals surface area contributed by atoms with Crippen LogP contribution in [0.5, 0.6) is 0 Å². The van der Waals surface area contributed by atoms with E-state index in [9.17, 15) is 8.42 Å². The molecule has 150 valence electrons. The average Bonchev–Trinajstić information content (AvgIpc) is 2.95. The maximum Gasteiger partial charge on any atom is 0.191 e. The number of ether oxygens (including phenoxy) is 1. The minimum absolute atomic E-state index is 0.0699. The number of nitrogens with zero attached hydrogens (tertiary/aromatic N) is 1. The van der Waals surface area contributed by atoms with Crippen molar-refractivity contribution in [1.29, 1.82) is 0 Å². The lowest BCUT2D eigenvalue weighted by atomic mass is 9.64. The van der Waals surface area contributed by atoms with Crippen LogP contribution >= 0.6 is 0 Å². The third-order valence-electron chi connectivity index (χ3n) is 6.55. The molecule has 3 rings (SSSR count). The fraction of sp³-hybridized carbons (Fsp3) is 0.947. The molecule has 0 aromatic rings. The Hall–Kier alpha value is -0.820. The normalized spacial score (nSPS) is 34.3. The largest absolute Gasteiger partial charge is 0.381 e. The van der Waals surface area contributed by atoms with Crippen LogP contribution in [0.2, 0.25) is 0 Å². The van der Waals surface area contributed by atoms with Crippen LogP contribution in [-0.4, -0.2) is 57.7 Å². The van der Waals surface area contributed by atoms with E-state index >= 15 is 0 Å². The summed E-state index contributed by atoms with van der Waals surface area (Å²) in [5, 5.41) is 7.23. The molecule has 6 nitrogen and oxygen atoms in total. The van der Waals surface area contributed by atoms with Crippen molar-refractivity contribution in [3.05, 3.63) is 0 Å². The second-order valence-corrected chi connectivity index (χ2v) is 11.1. The number of hydrogen-bond donors (Lipinski definition) is 2. The molecule has 0 aromatic heterocycles. The number of aliphatic imine (C=N–C) groups is 1. The summed E-state index contributed by atoms with van der Waals surface area (Å²) in [5.74, 6) is 1.62. The van der Waals surface area contributed by atoms with E-state index in [0.29, 0.717) is 24.4 Å². The van der Waals surface area contributed by atoms with E-state index < -0.39 is 9.84 Å². The van der Waals surface area contributed by atoms with Crippen molar-refractivity contribution >= 4 is 15.8 Å². The van der Waals surface area contributed by atoms with E-state index in [4.69, 9.17) is 9.73 Å². The summed E-state index contributed by atoms with van der Waals surface area (Å²) in [6, 6.07) is 0.804. The van der Waals surface area contributed by atoms with Crippen molar-refractivity contribution in [3.8, 4) is 0 Å². The smallest absolute Gasteiger partial charge is 0.191 e. The van der Waals surface area contributed by atoms with Gasteiger partial charge in [-0.2, -0.15) is 0 Å².